The van der Waals surface area contributed by atoms with Crippen LogP contribution in [0, 0.1) is 20.2 Å². The van der Waals surface area contributed by atoms with E-state index >= 15 is 0 Å². The maximum Gasteiger partial charge on any atom is 0.292 e. The third kappa shape index (κ3) is 5.25. The van der Waals surface area contributed by atoms with E-state index in [1.807, 2.05) is 0 Å². The number of para-hydroxylation sites is 2. The molecule has 0 amide bonds. The van der Waals surface area contributed by atoms with Gasteiger partial charge in [0, 0.05) is 44.4 Å². The third-order valence-corrected chi connectivity index (χ3v) is 6.56. The minimum absolute atomic E-state index is 0.0755. The zero-order valence-electron chi connectivity index (χ0n) is 16.4. The number of benzene rings is 2. The Hall–Kier alpha value is -3.29. The van der Waals surface area contributed by atoms with Crippen molar-refractivity contribution in [2.45, 2.75) is 4.90 Å². The summed E-state index contributed by atoms with van der Waals surface area (Å²) in [6.07, 6.45) is 0. The van der Waals surface area contributed by atoms with E-state index in [1.165, 1.54) is 22.5 Å². The predicted octanol–water partition coefficient (Wildman–Crippen LogP) is 2.05. The van der Waals surface area contributed by atoms with Gasteiger partial charge in [-0.2, -0.15) is 4.31 Å². The average molecular weight is 451 g/mol. The van der Waals surface area contributed by atoms with Crippen molar-refractivity contribution in [1.29, 1.82) is 0 Å². The number of anilines is 2. The van der Waals surface area contributed by atoms with Crippen molar-refractivity contribution in [1.82, 2.24) is 4.31 Å². The van der Waals surface area contributed by atoms with Crippen LogP contribution in [0.1, 0.15) is 0 Å². The monoisotopic (exact) mass is 451 g/mol. The Labute approximate surface area is 178 Å². The van der Waals surface area contributed by atoms with Gasteiger partial charge >= 0.3 is 0 Å². The van der Waals surface area contributed by atoms with E-state index in [1.54, 1.807) is 18.2 Å². The van der Waals surface area contributed by atoms with Crippen LogP contribution in [0.3, 0.4) is 0 Å². The van der Waals surface area contributed by atoms with Gasteiger partial charge in [-0.25, -0.2) is 8.42 Å². The number of non-ortho nitro benzene ring substituents is 1. The number of hydrogen-bond acceptors (Lipinski definition) is 9. The summed E-state index contributed by atoms with van der Waals surface area (Å²) in [7, 11) is -3.98. The fourth-order valence-electron chi connectivity index (χ4n) is 3.09. The topological polar surface area (TPSA) is 157 Å². The fourth-order valence-corrected chi connectivity index (χ4v) is 4.68. The lowest BCUT2D eigenvalue weighted by atomic mass is 10.2. The molecule has 0 radical (unpaired) electrons. The maximum absolute atomic E-state index is 13.1. The van der Waals surface area contributed by atoms with Crippen LogP contribution in [0.5, 0.6) is 0 Å². The second-order valence-corrected chi connectivity index (χ2v) is 8.49. The standard InChI is InChI=1S/C18H21N5O7S/c24-22(25)14-5-6-16(18(13-14)31(28,29)21-9-11-30-12-10-21)20-8-7-19-15-3-1-2-4-17(15)23(26)27/h1-6,13,19-20H,7-12H2. The summed E-state index contributed by atoms with van der Waals surface area (Å²) in [5.41, 5.74) is 0.129. The molecule has 2 aromatic carbocycles. The highest BCUT2D eigenvalue weighted by Gasteiger charge is 2.30. The molecule has 3 rings (SSSR count). The Bertz CT molecular complexity index is 1070. The van der Waals surface area contributed by atoms with E-state index in [2.05, 4.69) is 10.6 Å². The first-order chi connectivity index (χ1) is 14.8. The van der Waals surface area contributed by atoms with Crippen LogP contribution in [-0.4, -0.2) is 62.0 Å². The quantitative estimate of drug-likeness (QED) is 0.331. The highest BCUT2D eigenvalue weighted by Crippen LogP contribution is 2.29. The van der Waals surface area contributed by atoms with Crippen molar-refractivity contribution in [3.63, 3.8) is 0 Å². The smallest absolute Gasteiger partial charge is 0.292 e. The second kappa shape index (κ2) is 9.68. The van der Waals surface area contributed by atoms with Gasteiger partial charge in [0.1, 0.15) is 10.6 Å². The molecule has 166 valence electrons. The van der Waals surface area contributed by atoms with Gasteiger partial charge in [0.05, 0.1) is 28.7 Å². The first-order valence-electron chi connectivity index (χ1n) is 9.38. The third-order valence-electron chi connectivity index (χ3n) is 4.62. The van der Waals surface area contributed by atoms with Gasteiger partial charge in [0.15, 0.2) is 0 Å². The number of nitrogens with one attached hydrogen (secondary N) is 2. The van der Waals surface area contributed by atoms with Gasteiger partial charge in [-0.3, -0.25) is 20.2 Å². The van der Waals surface area contributed by atoms with Crippen LogP contribution >= 0.6 is 0 Å². The average Bonchev–Trinajstić information content (AvgIpc) is 2.77. The second-order valence-electron chi connectivity index (χ2n) is 6.58. The van der Waals surface area contributed by atoms with Crippen molar-refractivity contribution in [3.8, 4) is 0 Å². The lowest BCUT2D eigenvalue weighted by Crippen LogP contribution is -2.40. The lowest BCUT2D eigenvalue weighted by molar-refractivity contribution is -0.385. The molecular weight excluding hydrogens is 430 g/mol. The molecule has 0 atom stereocenters. The van der Waals surface area contributed by atoms with Crippen molar-refractivity contribution in [2.24, 2.45) is 0 Å². The molecule has 31 heavy (non-hydrogen) atoms. The van der Waals surface area contributed by atoms with Gasteiger partial charge in [0.25, 0.3) is 11.4 Å². The molecule has 0 bridgehead atoms. The Morgan fingerprint density at radius 3 is 2.23 bits per heavy atom. The van der Waals surface area contributed by atoms with E-state index < -0.39 is 19.9 Å². The molecule has 12 nitrogen and oxygen atoms in total. The molecule has 0 spiro atoms. The number of nitro benzene ring substituents is 2. The van der Waals surface area contributed by atoms with E-state index in [-0.39, 0.29) is 61.4 Å². The molecule has 0 saturated carbocycles. The number of hydrogen-bond donors (Lipinski definition) is 2. The normalized spacial score (nSPS) is 14.7. The molecule has 0 aromatic heterocycles. The number of nitrogens with zero attached hydrogens (tertiary/aromatic N) is 3. The van der Waals surface area contributed by atoms with Gasteiger partial charge < -0.3 is 15.4 Å². The first-order valence-corrected chi connectivity index (χ1v) is 10.8. The Kier molecular flexibility index (Phi) is 6.99. The van der Waals surface area contributed by atoms with Crippen LogP contribution in [0.25, 0.3) is 0 Å². The Morgan fingerprint density at radius 2 is 1.58 bits per heavy atom. The zero-order valence-corrected chi connectivity index (χ0v) is 17.2. The number of morpholine rings is 1. The molecule has 1 aliphatic heterocycles. The Balaban J connectivity index is 1.76. The van der Waals surface area contributed by atoms with Gasteiger partial charge in [-0.15, -0.1) is 0 Å². The van der Waals surface area contributed by atoms with Crippen molar-refractivity contribution < 1.29 is 23.0 Å². The summed E-state index contributed by atoms with van der Waals surface area (Å²) in [5, 5.41) is 28.1. The molecule has 0 unspecified atom stereocenters. The Morgan fingerprint density at radius 1 is 0.935 bits per heavy atom. The predicted molar refractivity (Wildman–Crippen MR) is 113 cm³/mol. The molecule has 2 N–H and O–H groups in total. The molecule has 1 saturated heterocycles. The van der Waals surface area contributed by atoms with Crippen LogP contribution in [-0.2, 0) is 14.8 Å². The first kappa shape index (κ1) is 22.4. The zero-order chi connectivity index (χ0) is 22.4. The van der Waals surface area contributed by atoms with Crippen molar-refractivity contribution in [3.05, 3.63) is 62.7 Å². The maximum atomic E-state index is 13.1. The van der Waals surface area contributed by atoms with Crippen LogP contribution < -0.4 is 10.6 Å². The summed E-state index contributed by atoms with van der Waals surface area (Å²) in [5.74, 6) is 0. The highest BCUT2D eigenvalue weighted by atomic mass is 32.2. The summed E-state index contributed by atoms with van der Waals surface area (Å²) in [6, 6.07) is 9.75. The molecule has 2 aromatic rings. The fraction of sp³-hybridized carbons (Fsp3) is 0.333. The van der Waals surface area contributed by atoms with Crippen LogP contribution in [0.2, 0.25) is 0 Å². The van der Waals surface area contributed by atoms with Crippen molar-refractivity contribution >= 4 is 32.8 Å². The summed E-state index contributed by atoms with van der Waals surface area (Å²) < 4.78 is 32.6. The SMILES string of the molecule is O=[N+]([O-])c1ccc(NCCNc2ccccc2[N+](=O)[O-])c(S(=O)(=O)N2CCOCC2)c1. The molecule has 1 heterocycles. The summed E-state index contributed by atoms with van der Waals surface area (Å²) >= 11 is 0. The van der Waals surface area contributed by atoms with Gasteiger partial charge in [-0.1, -0.05) is 12.1 Å². The van der Waals surface area contributed by atoms with E-state index in [0.717, 1.165) is 6.07 Å². The minimum atomic E-state index is -3.98. The number of ether oxygens (including phenoxy) is 1. The number of sulfonamides is 1. The van der Waals surface area contributed by atoms with Gasteiger partial charge in [0.2, 0.25) is 10.0 Å². The van der Waals surface area contributed by atoms with E-state index in [9.17, 15) is 28.6 Å². The summed E-state index contributed by atoms with van der Waals surface area (Å²) in [4.78, 5) is 20.9. The molecule has 1 aliphatic rings. The lowest BCUT2D eigenvalue weighted by Gasteiger charge is -2.27. The van der Waals surface area contributed by atoms with Gasteiger partial charge in [-0.05, 0) is 12.1 Å². The molecule has 13 heteroatoms. The minimum Gasteiger partial charge on any atom is -0.382 e. The van der Waals surface area contributed by atoms with E-state index in [4.69, 9.17) is 4.74 Å². The van der Waals surface area contributed by atoms with E-state index in [0.29, 0.717) is 5.69 Å². The van der Waals surface area contributed by atoms with Crippen LogP contribution in [0.15, 0.2) is 47.4 Å². The number of nitro groups is 2. The molecular formula is C18H21N5O7S. The molecule has 1 fully saturated rings. The molecule has 0 aliphatic carbocycles. The highest BCUT2D eigenvalue weighted by molar-refractivity contribution is 7.89. The van der Waals surface area contributed by atoms with Crippen molar-refractivity contribution in [2.75, 3.05) is 50.0 Å². The largest absolute Gasteiger partial charge is 0.382 e. The van der Waals surface area contributed by atoms with Crippen LogP contribution in [0.4, 0.5) is 22.7 Å². The number of rotatable bonds is 9. The summed E-state index contributed by atoms with van der Waals surface area (Å²) in [6.45, 7) is 1.27.